The van der Waals surface area contributed by atoms with Crippen LogP contribution in [-0.2, 0) is 17.3 Å². The molecule has 2 saturated carbocycles. The average Bonchev–Trinajstić information content (AvgIpc) is 3.41. The number of alkyl halides is 3. The minimum Gasteiger partial charge on any atom is -0.508 e. The number of phenols is 1. The number of amides is 1. The predicted octanol–water partition coefficient (Wildman–Crippen LogP) is 4.34. The molecule has 9 atom stereocenters. The molecule has 1 aromatic carbocycles. The average molecular weight is 743 g/mol. The highest BCUT2D eigenvalue weighted by molar-refractivity contribution is 5.92. The first-order valence-electron chi connectivity index (χ1n) is 18.2. The number of ether oxygens (including phenoxy) is 3. The highest BCUT2D eigenvalue weighted by Crippen LogP contribution is 2.65. The number of aromatic nitrogens is 3. The monoisotopic (exact) mass is 742 g/mol. The number of pyridine rings is 1. The molecule has 2 aromatic heterocycles. The van der Waals surface area contributed by atoms with E-state index in [2.05, 4.69) is 33.5 Å². The lowest BCUT2D eigenvalue weighted by Gasteiger charge is -2.53. The molecule has 286 valence electrons. The van der Waals surface area contributed by atoms with Crippen LogP contribution < -0.4 is 14.8 Å². The van der Waals surface area contributed by atoms with Gasteiger partial charge in [0.15, 0.2) is 11.8 Å². The van der Waals surface area contributed by atoms with E-state index in [0.29, 0.717) is 42.9 Å². The molecule has 1 aliphatic heterocycles. The number of nitrogens with one attached hydrogen (secondary N) is 1. The number of rotatable bonds is 10. The number of hydrogen-bond donors (Lipinski definition) is 5. The molecule has 0 radical (unpaired) electrons. The number of benzene rings is 1. The van der Waals surface area contributed by atoms with E-state index in [4.69, 9.17) is 14.2 Å². The number of aryl methyl sites for hydroxylation is 1. The van der Waals surface area contributed by atoms with Gasteiger partial charge in [0.25, 0.3) is 5.91 Å². The first-order valence-corrected chi connectivity index (χ1v) is 18.2. The Morgan fingerprint density at radius 2 is 1.87 bits per heavy atom. The summed E-state index contributed by atoms with van der Waals surface area (Å²) in [6, 6.07) is 11.8. The first-order chi connectivity index (χ1) is 25.3. The Balaban J connectivity index is 0.850. The molecule has 4 aliphatic rings. The van der Waals surface area contributed by atoms with Gasteiger partial charge in [-0.1, -0.05) is 19.1 Å². The van der Waals surface area contributed by atoms with Crippen LogP contribution in [0.5, 0.6) is 17.5 Å². The number of aromatic hydroxyl groups is 1. The normalized spacial score (nSPS) is 32.2. The van der Waals surface area contributed by atoms with Crippen molar-refractivity contribution in [3.63, 3.8) is 0 Å². The van der Waals surface area contributed by atoms with Crippen molar-refractivity contribution >= 4 is 5.91 Å². The van der Waals surface area contributed by atoms with E-state index in [1.807, 2.05) is 6.07 Å². The Morgan fingerprint density at radius 3 is 2.64 bits per heavy atom. The zero-order valence-electron chi connectivity index (χ0n) is 29.3. The van der Waals surface area contributed by atoms with Crippen molar-refractivity contribution in [2.75, 3.05) is 19.8 Å². The molecule has 1 amide bonds. The molecule has 3 fully saturated rings. The van der Waals surface area contributed by atoms with Crippen LogP contribution in [0.25, 0.3) is 0 Å². The maximum Gasteiger partial charge on any atom is 0.433 e. The second-order valence-electron chi connectivity index (χ2n) is 15.1. The molecular weight excluding hydrogens is 697 g/mol. The molecule has 3 aromatic rings. The zero-order chi connectivity index (χ0) is 37.5. The summed E-state index contributed by atoms with van der Waals surface area (Å²) < 4.78 is 55.4. The third-order valence-corrected chi connectivity index (χ3v) is 12.2. The lowest BCUT2D eigenvalue weighted by atomic mass is 9.53. The predicted molar refractivity (Wildman–Crippen MR) is 182 cm³/mol. The SMILES string of the molecule is C[C@]12CC[C@@H]3c4ccc(O)cc4CC[C@H]3[C@@H]1CC[C@@]2(O)CCCNC(=O)c1ccc(OC[C@H]2OC[C@H](Oc3cccc(C(F)(F)F)n3)[C@@H](O)[C@H]2O)nn1. The van der Waals surface area contributed by atoms with Gasteiger partial charge in [0.2, 0.25) is 11.8 Å². The topological polar surface area (TPSA) is 176 Å². The fourth-order valence-electron chi connectivity index (χ4n) is 9.35. The van der Waals surface area contributed by atoms with E-state index in [1.54, 1.807) is 6.07 Å². The van der Waals surface area contributed by atoms with Crippen LogP contribution in [0.3, 0.4) is 0 Å². The second-order valence-corrected chi connectivity index (χ2v) is 15.1. The van der Waals surface area contributed by atoms with Gasteiger partial charge in [0.1, 0.15) is 36.4 Å². The summed E-state index contributed by atoms with van der Waals surface area (Å²) in [6.07, 6.45) is -2.97. The van der Waals surface area contributed by atoms with Crippen LogP contribution >= 0.6 is 0 Å². The summed E-state index contributed by atoms with van der Waals surface area (Å²) in [6.45, 7) is 2.12. The third kappa shape index (κ3) is 7.40. The van der Waals surface area contributed by atoms with Crippen LogP contribution in [0.4, 0.5) is 13.2 Å². The van der Waals surface area contributed by atoms with Crippen molar-refractivity contribution in [2.45, 2.75) is 100 Å². The van der Waals surface area contributed by atoms with Crippen LogP contribution in [0.2, 0.25) is 0 Å². The summed E-state index contributed by atoms with van der Waals surface area (Å²) >= 11 is 0. The largest absolute Gasteiger partial charge is 0.508 e. The minimum absolute atomic E-state index is 0.0407. The molecule has 7 rings (SSSR count). The van der Waals surface area contributed by atoms with E-state index in [0.717, 1.165) is 50.7 Å². The van der Waals surface area contributed by atoms with Crippen LogP contribution in [0, 0.1) is 17.3 Å². The number of phenolic OH excluding ortho intramolecular Hbond substituents is 1. The van der Waals surface area contributed by atoms with Gasteiger partial charge in [-0.3, -0.25) is 4.79 Å². The molecule has 5 N–H and O–H groups in total. The van der Waals surface area contributed by atoms with E-state index in [9.17, 15) is 38.4 Å². The fourth-order valence-corrected chi connectivity index (χ4v) is 9.35. The van der Waals surface area contributed by atoms with Gasteiger partial charge in [0, 0.05) is 18.7 Å². The molecular formula is C38H45F3N4O8. The van der Waals surface area contributed by atoms with Gasteiger partial charge in [-0.05, 0) is 110 Å². The number of hydrogen-bond acceptors (Lipinski definition) is 11. The summed E-state index contributed by atoms with van der Waals surface area (Å²) in [4.78, 5) is 16.2. The highest BCUT2D eigenvalue weighted by atomic mass is 19.4. The Kier molecular flexibility index (Phi) is 10.3. The summed E-state index contributed by atoms with van der Waals surface area (Å²) in [5, 5.41) is 53.8. The maximum atomic E-state index is 13.0. The molecule has 12 nitrogen and oxygen atoms in total. The van der Waals surface area contributed by atoms with E-state index in [1.165, 1.54) is 29.3 Å². The number of aliphatic hydroxyl groups is 3. The van der Waals surface area contributed by atoms with Crippen molar-refractivity contribution in [1.82, 2.24) is 20.5 Å². The Hall–Kier alpha value is -4.05. The summed E-state index contributed by atoms with van der Waals surface area (Å²) in [5.41, 5.74) is 0.532. The molecule has 1 saturated heterocycles. The molecule has 3 heterocycles. The van der Waals surface area contributed by atoms with Crippen molar-refractivity contribution in [1.29, 1.82) is 0 Å². The highest BCUT2D eigenvalue weighted by Gasteiger charge is 2.61. The second kappa shape index (κ2) is 14.6. The van der Waals surface area contributed by atoms with Crippen molar-refractivity contribution < 1.29 is 52.6 Å². The number of aliphatic hydroxyl groups excluding tert-OH is 2. The van der Waals surface area contributed by atoms with Gasteiger partial charge in [0.05, 0.1) is 12.2 Å². The summed E-state index contributed by atoms with van der Waals surface area (Å²) in [5.74, 6) is 0.973. The van der Waals surface area contributed by atoms with Gasteiger partial charge >= 0.3 is 6.18 Å². The van der Waals surface area contributed by atoms with E-state index in [-0.39, 0.29) is 36.1 Å². The van der Waals surface area contributed by atoms with E-state index < -0.39 is 47.8 Å². The van der Waals surface area contributed by atoms with Gasteiger partial charge in [-0.15, -0.1) is 10.2 Å². The lowest BCUT2D eigenvalue weighted by Crippen LogP contribution is -2.56. The number of halogens is 3. The fraction of sp³-hybridized carbons (Fsp3) is 0.579. The zero-order valence-corrected chi connectivity index (χ0v) is 29.3. The molecule has 53 heavy (non-hydrogen) atoms. The van der Waals surface area contributed by atoms with Gasteiger partial charge < -0.3 is 40.0 Å². The van der Waals surface area contributed by atoms with Crippen molar-refractivity contribution in [3.8, 4) is 17.5 Å². The maximum absolute atomic E-state index is 13.0. The Morgan fingerprint density at radius 1 is 1.04 bits per heavy atom. The Labute approximate surface area is 304 Å². The Bertz CT molecular complexity index is 1780. The number of carbonyl (C=O) groups excluding carboxylic acids is 1. The van der Waals surface area contributed by atoms with Gasteiger partial charge in [-0.2, -0.15) is 13.2 Å². The smallest absolute Gasteiger partial charge is 0.433 e. The molecule has 0 unspecified atom stereocenters. The van der Waals surface area contributed by atoms with Crippen LogP contribution in [-0.4, -0.2) is 91.3 Å². The van der Waals surface area contributed by atoms with Crippen molar-refractivity contribution in [2.24, 2.45) is 17.3 Å². The molecule has 15 heteroatoms. The first kappa shape index (κ1) is 37.3. The van der Waals surface area contributed by atoms with Gasteiger partial charge in [-0.25, -0.2) is 4.98 Å². The minimum atomic E-state index is -4.67. The van der Waals surface area contributed by atoms with Crippen LogP contribution in [0.1, 0.15) is 85.1 Å². The lowest BCUT2D eigenvalue weighted by molar-refractivity contribution is -0.187. The summed E-state index contributed by atoms with van der Waals surface area (Å²) in [7, 11) is 0. The number of carbonyl (C=O) groups is 1. The standard InChI is InChI=1S/C38H45F3N4O8/c1-36-15-12-24-23-9-7-22(46)18-21(23)6-8-25(24)26(36)13-16-37(36,50)14-3-17-42-35(49)27-10-11-32(45-44-27)52-19-28-33(47)34(48)29(20-51-28)53-31-5-2-4-30(43-31)38(39,40)41/h2,4-5,7,9-11,18,24-26,28-29,33-34,46-48,50H,3,6,8,12-17,19-20H2,1H3,(H,42,49)/t24-,25-,26+,28-,29+,33+,34-,36+,37+/m1/s1. The quantitative estimate of drug-likeness (QED) is 0.187. The third-order valence-electron chi connectivity index (χ3n) is 12.2. The number of fused-ring (bicyclic) bond motifs is 5. The van der Waals surface area contributed by atoms with E-state index >= 15 is 0 Å². The van der Waals surface area contributed by atoms with Crippen molar-refractivity contribution in [3.05, 3.63) is 71.0 Å². The molecule has 0 bridgehead atoms. The molecule has 3 aliphatic carbocycles. The molecule has 0 spiro atoms. The van der Waals surface area contributed by atoms with Crippen LogP contribution in [0.15, 0.2) is 48.5 Å². The number of nitrogens with zero attached hydrogens (tertiary/aromatic N) is 3.